The molecule has 0 saturated carbocycles. The lowest BCUT2D eigenvalue weighted by molar-refractivity contribution is 0.416. The number of pyridine rings is 1. The number of benzene rings is 1. The van der Waals surface area contributed by atoms with Gasteiger partial charge in [0.1, 0.15) is 5.82 Å². The van der Waals surface area contributed by atoms with Crippen LogP contribution in [0.1, 0.15) is 24.1 Å². The first-order valence-corrected chi connectivity index (χ1v) is 8.84. The van der Waals surface area contributed by atoms with E-state index in [0.717, 1.165) is 37.1 Å². The van der Waals surface area contributed by atoms with Crippen molar-refractivity contribution in [2.24, 2.45) is 0 Å². The van der Waals surface area contributed by atoms with Crippen molar-refractivity contribution < 1.29 is 4.39 Å². The number of halogens is 1. The lowest BCUT2D eigenvalue weighted by Gasteiger charge is -2.35. The molecule has 0 radical (unpaired) electrons. The molecule has 1 aliphatic heterocycles. The molecular formula is C20H20FN5. The van der Waals surface area contributed by atoms with Crippen molar-refractivity contribution in [1.82, 2.24) is 14.9 Å². The predicted octanol–water partition coefficient (Wildman–Crippen LogP) is 3.10. The Hall–Kier alpha value is -2.91. The van der Waals surface area contributed by atoms with Gasteiger partial charge in [-0.25, -0.2) is 8.91 Å². The molecule has 0 amide bonds. The summed E-state index contributed by atoms with van der Waals surface area (Å²) < 4.78 is 16.2. The standard InChI is InChI=1S/C20H20FN5/c21-19-10-15(12-22)6-7-20(19)25-8-3-4-16(14-25)23-13-17-11-18-5-1-2-9-26(18)24-17/h1-2,5-7,9-11,16,23H,3-4,8,13-14H2. The average molecular weight is 349 g/mol. The molecule has 1 N–H and O–H groups in total. The molecule has 4 rings (SSSR count). The van der Waals surface area contributed by atoms with Gasteiger partial charge in [0.25, 0.3) is 0 Å². The Kier molecular flexibility index (Phi) is 4.55. The van der Waals surface area contributed by atoms with Crippen LogP contribution in [0.3, 0.4) is 0 Å². The summed E-state index contributed by atoms with van der Waals surface area (Å²) in [5, 5.41) is 17.0. The number of nitrogens with zero attached hydrogens (tertiary/aromatic N) is 4. The Balaban J connectivity index is 1.41. The van der Waals surface area contributed by atoms with E-state index in [2.05, 4.69) is 21.4 Å². The van der Waals surface area contributed by atoms with Gasteiger partial charge in [-0.05, 0) is 49.2 Å². The Labute approximate surface area is 151 Å². The average Bonchev–Trinajstić information content (AvgIpc) is 3.09. The third-order valence-electron chi connectivity index (χ3n) is 4.83. The van der Waals surface area contributed by atoms with E-state index < -0.39 is 0 Å². The van der Waals surface area contributed by atoms with Crippen molar-refractivity contribution in [3.63, 3.8) is 0 Å². The second-order valence-electron chi connectivity index (χ2n) is 6.65. The molecule has 6 heteroatoms. The summed E-state index contributed by atoms with van der Waals surface area (Å²) in [4.78, 5) is 2.06. The second-order valence-corrected chi connectivity index (χ2v) is 6.65. The highest BCUT2D eigenvalue weighted by atomic mass is 19.1. The highest BCUT2D eigenvalue weighted by Gasteiger charge is 2.22. The summed E-state index contributed by atoms with van der Waals surface area (Å²) in [7, 11) is 0. The maximum atomic E-state index is 14.3. The number of hydrogen-bond donors (Lipinski definition) is 1. The van der Waals surface area contributed by atoms with Crippen LogP contribution in [0.2, 0.25) is 0 Å². The van der Waals surface area contributed by atoms with Crippen LogP contribution >= 0.6 is 0 Å². The van der Waals surface area contributed by atoms with Crippen LogP contribution in [0.4, 0.5) is 10.1 Å². The first kappa shape index (κ1) is 16.6. The molecule has 0 spiro atoms. The van der Waals surface area contributed by atoms with E-state index in [-0.39, 0.29) is 11.9 Å². The molecule has 3 aromatic rings. The third-order valence-corrected chi connectivity index (χ3v) is 4.83. The maximum absolute atomic E-state index is 14.3. The first-order valence-electron chi connectivity index (χ1n) is 8.84. The number of fused-ring (bicyclic) bond motifs is 1. The minimum Gasteiger partial charge on any atom is -0.368 e. The van der Waals surface area contributed by atoms with Crippen molar-refractivity contribution >= 4 is 11.2 Å². The summed E-state index contributed by atoms with van der Waals surface area (Å²) in [6.45, 7) is 2.27. The molecule has 1 saturated heterocycles. The van der Waals surface area contributed by atoms with Gasteiger partial charge in [0.15, 0.2) is 0 Å². The van der Waals surface area contributed by atoms with E-state index in [1.165, 1.54) is 6.07 Å². The number of aromatic nitrogens is 2. The number of nitriles is 1. The van der Waals surface area contributed by atoms with Crippen LogP contribution in [0, 0.1) is 17.1 Å². The first-order chi connectivity index (χ1) is 12.7. The zero-order valence-electron chi connectivity index (χ0n) is 14.4. The molecule has 0 aliphatic carbocycles. The monoisotopic (exact) mass is 349 g/mol. The molecule has 5 nitrogen and oxygen atoms in total. The SMILES string of the molecule is N#Cc1ccc(N2CCCC(NCc3cc4ccccn4n3)C2)c(F)c1. The molecular weight excluding hydrogens is 329 g/mol. The van der Waals surface area contributed by atoms with Crippen LogP contribution in [-0.2, 0) is 6.54 Å². The Bertz CT molecular complexity index is 925. The van der Waals surface area contributed by atoms with Gasteiger partial charge in [-0.3, -0.25) is 0 Å². The van der Waals surface area contributed by atoms with E-state index >= 15 is 0 Å². The van der Waals surface area contributed by atoms with Crippen molar-refractivity contribution in [3.8, 4) is 6.07 Å². The van der Waals surface area contributed by atoms with Gasteiger partial charge >= 0.3 is 0 Å². The van der Waals surface area contributed by atoms with Crippen molar-refractivity contribution in [2.75, 3.05) is 18.0 Å². The lowest BCUT2D eigenvalue weighted by Crippen LogP contribution is -2.45. The molecule has 1 aliphatic rings. The summed E-state index contributed by atoms with van der Waals surface area (Å²) in [6.07, 6.45) is 4.00. The van der Waals surface area contributed by atoms with Gasteiger partial charge in [-0.1, -0.05) is 6.07 Å². The quantitative estimate of drug-likeness (QED) is 0.786. The Morgan fingerprint density at radius 3 is 3.00 bits per heavy atom. The number of rotatable bonds is 4. The molecule has 26 heavy (non-hydrogen) atoms. The fourth-order valence-corrected chi connectivity index (χ4v) is 3.52. The fourth-order valence-electron chi connectivity index (χ4n) is 3.52. The zero-order chi connectivity index (χ0) is 17.9. The predicted molar refractivity (Wildman–Crippen MR) is 98.4 cm³/mol. The molecule has 132 valence electrons. The van der Waals surface area contributed by atoms with Crippen LogP contribution in [-0.4, -0.2) is 28.7 Å². The maximum Gasteiger partial charge on any atom is 0.147 e. The largest absolute Gasteiger partial charge is 0.368 e. The molecule has 3 heterocycles. The van der Waals surface area contributed by atoms with E-state index in [1.54, 1.807) is 12.1 Å². The van der Waals surface area contributed by atoms with Gasteiger partial charge < -0.3 is 10.2 Å². The van der Waals surface area contributed by atoms with Gasteiger partial charge in [0.2, 0.25) is 0 Å². The highest BCUT2D eigenvalue weighted by Crippen LogP contribution is 2.24. The Morgan fingerprint density at radius 1 is 1.27 bits per heavy atom. The van der Waals surface area contributed by atoms with Crippen molar-refractivity contribution in [1.29, 1.82) is 5.26 Å². The minimum absolute atomic E-state index is 0.281. The van der Waals surface area contributed by atoms with Gasteiger partial charge in [0, 0.05) is 31.9 Å². The topological polar surface area (TPSA) is 56.4 Å². The van der Waals surface area contributed by atoms with Crippen molar-refractivity contribution in [2.45, 2.75) is 25.4 Å². The molecule has 1 aromatic carbocycles. The number of piperidine rings is 1. The van der Waals surface area contributed by atoms with Crippen LogP contribution < -0.4 is 10.2 Å². The van der Waals surface area contributed by atoms with E-state index in [0.29, 0.717) is 17.8 Å². The number of hydrogen-bond acceptors (Lipinski definition) is 4. The number of anilines is 1. The second kappa shape index (κ2) is 7.14. The summed E-state index contributed by atoms with van der Waals surface area (Å²) in [5.74, 6) is -0.329. The van der Waals surface area contributed by atoms with Crippen LogP contribution in [0.5, 0.6) is 0 Å². The van der Waals surface area contributed by atoms with Crippen molar-refractivity contribution in [3.05, 3.63) is 65.7 Å². The normalized spacial score (nSPS) is 17.4. The minimum atomic E-state index is -0.329. The fraction of sp³-hybridized carbons (Fsp3) is 0.300. The molecule has 1 fully saturated rings. The van der Waals surface area contributed by atoms with E-state index in [9.17, 15) is 4.39 Å². The molecule has 2 aromatic heterocycles. The summed E-state index contributed by atoms with van der Waals surface area (Å²) in [6, 6.07) is 15.0. The van der Waals surface area contributed by atoms with Gasteiger partial charge in [0.05, 0.1) is 28.5 Å². The molecule has 1 atom stereocenters. The summed E-state index contributed by atoms with van der Waals surface area (Å²) >= 11 is 0. The van der Waals surface area contributed by atoms with Crippen LogP contribution in [0.25, 0.3) is 5.52 Å². The molecule has 0 bridgehead atoms. The van der Waals surface area contributed by atoms with Crippen LogP contribution in [0.15, 0.2) is 48.7 Å². The number of nitrogens with one attached hydrogen (secondary N) is 1. The van der Waals surface area contributed by atoms with E-state index in [1.807, 2.05) is 35.0 Å². The Morgan fingerprint density at radius 2 is 2.19 bits per heavy atom. The van der Waals surface area contributed by atoms with Gasteiger partial charge in [-0.15, -0.1) is 0 Å². The highest BCUT2D eigenvalue weighted by molar-refractivity contribution is 5.51. The summed E-state index contributed by atoms with van der Waals surface area (Å²) in [5.41, 5.74) is 3.00. The lowest BCUT2D eigenvalue weighted by atomic mass is 10.0. The van der Waals surface area contributed by atoms with Gasteiger partial charge in [-0.2, -0.15) is 10.4 Å². The zero-order valence-corrected chi connectivity index (χ0v) is 14.4. The van der Waals surface area contributed by atoms with E-state index in [4.69, 9.17) is 5.26 Å². The smallest absolute Gasteiger partial charge is 0.147 e. The molecule has 1 unspecified atom stereocenters. The third kappa shape index (κ3) is 3.39.